The van der Waals surface area contributed by atoms with Crippen LogP contribution in [0.15, 0.2) is 48.5 Å². The number of hydrogen-bond donors (Lipinski definition) is 2. The predicted octanol–water partition coefficient (Wildman–Crippen LogP) is 2.63. The molecule has 172 valence electrons. The molecule has 1 saturated heterocycles. The van der Waals surface area contributed by atoms with Crippen molar-refractivity contribution >= 4 is 27.5 Å². The average molecular weight is 460 g/mol. The predicted molar refractivity (Wildman–Crippen MR) is 123 cm³/mol. The number of ether oxygens (including phenoxy) is 1. The molecule has 0 atom stereocenters. The van der Waals surface area contributed by atoms with Crippen LogP contribution < -0.4 is 10.6 Å². The molecule has 2 aromatic rings. The summed E-state index contributed by atoms with van der Waals surface area (Å²) in [6.07, 6.45) is 2.85. The molecule has 0 spiro atoms. The molecule has 0 bridgehead atoms. The Bertz CT molecular complexity index is 1030. The van der Waals surface area contributed by atoms with Gasteiger partial charge in [-0.25, -0.2) is 12.7 Å². The van der Waals surface area contributed by atoms with E-state index < -0.39 is 10.0 Å². The van der Waals surface area contributed by atoms with E-state index >= 15 is 0 Å². The van der Waals surface area contributed by atoms with Crippen LogP contribution in [0.3, 0.4) is 0 Å². The van der Waals surface area contributed by atoms with Crippen LogP contribution in [0.25, 0.3) is 0 Å². The van der Waals surface area contributed by atoms with Crippen LogP contribution in [0.5, 0.6) is 0 Å². The molecule has 2 N–H and O–H groups in total. The Labute approximate surface area is 189 Å². The number of rotatable bonds is 9. The second-order valence-electron chi connectivity index (χ2n) is 7.66. The zero-order valence-electron chi connectivity index (χ0n) is 18.2. The van der Waals surface area contributed by atoms with Gasteiger partial charge >= 0.3 is 0 Å². The van der Waals surface area contributed by atoms with E-state index in [1.54, 1.807) is 59.9 Å². The van der Waals surface area contributed by atoms with E-state index in [4.69, 9.17) is 4.74 Å². The SMILES string of the molecule is COCCNC(=O)c1ccccc1NC(=O)c1ccc(CS(=O)(=O)N2CCCCC2)cc1. The first-order valence-electron chi connectivity index (χ1n) is 10.6. The van der Waals surface area contributed by atoms with E-state index in [0.717, 1.165) is 19.3 Å². The second-order valence-corrected chi connectivity index (χ2v) is 9.63. The lowest BCUT2D eigenvalue weighted by atomic mass is 10.1. The highest BCUT2D eigenvalue weighted by molar-refractivity contribution is 7.88. The molecule has 8 nitrogen and oxygen atoms in total. The first-order valence-corrected chi connectivity index (χ1v) is 12.3. The van der Waals surface area contributed by atoms with Gasteiger partial charge in [-0.2, -0.15) is 0 Å². The van der Waals surface area contributed by atoms with E-state index in [1.165, 1.54) is 0 Å². The molecule has 1 aliphatic heterocycles. The number of nitrogens with one attached hydrogen (secondary N) is 2. The van der Waals surface area contributed by atoms with E-state index in [1.807, 2.05) is 0 Å². The minimum absolute atomic E-state index is 0.0840. The van der Waals surface area contributed by atoms with Gasteiger partial charge in [-0.3, -0.25) is 9.59 Å². The van der Waals surface area contributed by atoms with Crippen LogP contribution in [0, 0.1) is 0 Å². The van der Waals surface area contributed by atoms with Crippen molar-refractivity contribution in [3.63, 3.8) is 0 Å². The van der Waals surface area contributed by atoms with Crippen molar-refractivity contribution in [1.82, 2.24) is 9.62 Å². The third-order valence-corrected chi connectivity index (χ3v) is 7.14. The van der Waals surface area contributed by atoms with Gasteiger partial charge in [0.25, 0.3) is 11.8 Å². The maximum absolute atomic E-state index is 12.7. The smallest absolute Gasteiger partial charge is 0.255 e. The number of sulfonamides is 1. The van der Waals surface area contributed by atoms with Crippen LogP contribution in [-0.4, -0.2) is 57.9 Å². The van der Waals surface area contributed by atoms with Gasteiger partial charge in [0.2, 0.25) is 10.0 Å². The number of anilines is 1. The number of para-hydroxylation sites is 1. The average Bonchev–Trinajstić information content (AvgIpc) is 2.80. The standard InChI is InChI=1S/C23H29N3O5S/c1-31-16-13-24-23(28)20-7-3-4-8-21(20)25-22(27)19-11-9-18(10-12-19)17-32(29,30)26-14-5-2-6-15-26/h3-4,7-12H,2,5-6,13-17H2,1H3,(H,24,28)(H,25,27). The summed E-state index contributed by atoms with van der Waals surface area (Å²) < 4.78 is 31.7. The van der Waals surface area contributed by atoms with Crippen LogP contribution >= 0.6 is 0 Å². The summed E-state index contributed by atoms with van der Waals surface area (Å²) in [5.41, 5.74) is 1.74. The quantitative estimate of drug-likeness (QED) is 0.561. The second kappa shape index (κ2) is 11.2. The van der Waals surface area contributed by atoms with E-state index in [0.29, 0.717) is 48.6 Å². The van der Waals surface area contributed by atoms with Crippen LogP contribution in [0.1, 0.15) is 45.5 Å². The summed E-state index contributed by atoms with van der Waals surface area (Å²) in [5.74, 6) is -0.775. The zero-order valence-corrected chi connectivity index (χ0v) is 19.0. The Morgan fingerprint density at radius 3 is 2.34 bits per heavy atom. The summed E-state index contributed by atoms with van der Waals surface area (Å²) in [4.78, 5) is 25.1. The molecule has 2 amide bonds. The molecule has 32 heavy (non-hydrogen) atoms. The van der Waals surface area contributed by atoms with Gasteiger partial charge in [-0.1, -0.05) is 30.7 Å². The molecule has 1 fully saturated rings. The summed E-state index contributed by atoms with van der Waals surface area (Å²) >= 11 is 0. The molecule has 2 aromatic carbocycles. The monoisotopic (exact) mass is 459 g/mol. The fourth-order valence-corrected chi connectivity index (χ4v) is 5.15. The summed E-state index contributed by atoms with van der Waals surface area (Å²) in [7, 11) is -1.81. The lowest BCUT2D eigenvalue weighted by molar-refractivity contribution is 0.0938. The Morgan fingerprint density at radius 1 is 0.969 bits per heavy atom. The van der Waals surface area contributed by atoms with Crippen molar-refractivity contribution in [2.24, 2.45) is 0 Å². The van der Waals surface area contributed by atoms with Gasteiger partial charge in [-0.05, 0) is 42.7 Å². The van der Waals surface area contributed by atoms with Crippen molar-refractivity contribution in [3.05, 3.63) is 65.2 Å². The number of methoxy groups -OCH3 is 1. The van der Waals surface area contributed by atoms with Gasteiger partial charge in [0.15, 0.2) is 0 Å². The fourth-order valence-electron chi connectivity index (χ4n) is 3.54. The fraction of sp³-hybridized carbons (Fsp3) is 0.391. The maximum Gasteiger partial charge on any atom is 0.255 e. The van der Waals surface area contributed by atoms with Crippen molar-refractivity contribution in [1.29, 1.82) is 0 Å². The van der Waals surface area contributed by atoms with E-state index in [2.05, 4.69) is 10.6 Å². The highest BCUT2D eigenvalue weighted by Gasteiger charge is 2.24. The molecule has 1 heterocycles. The van der Waals surface area contributed by atoms with Gasteiger partial charge in [0.1, 0.15) is 0 Å². The normalized spacial score (nSPS) is 14.7. The molecule has 0 unspecified atom stereocenters. The highest BCUT2D eigenvalue weighted by Crippen LogP contribution is 2.19. The molecule has 0 aromatic heterocycles. The summed E-state index contributed by atoms with van der Waals surface area (Å²) in [6.45, 7) is 1.89. The third kappa shape index (κ3) is 6.38. The zero-order chi connectivity index (χ0) is 23.0. The molecular weight excluding hydrogens is 430 g/mol. The number of amides is 2. The van der Waals surface area contributed by atoms with Gasteiger partial charge in [0, 0.05) is 32.3 Å². The molecule has 0 radical (unpaired) electrons. The molecular formula is C23H29N3O5S. The molecule has 9 heteroatoms. The highest BCUT2D eigenvalue weighted by atomic mass is 32.2. The third-order valence-electron chi connectivity index (χ3n) is 5.29. The van der Waals surface area contributed by atoms with Gasteiger partial charge < -0.3 is 15.4 Å². The summed E-state index contributed by atoms with van der Waals surface area (Å²) in [5, 5.41) is 5.49. The Kier molecular flexibility index (Phi) is 8.38. The minimum Gasteiger partial charge on any atom is -0.383 e. The topological polar surface area (TPSA) is 105 Å². The first kappa shape index (κ1) is 23.9. The number of carbonyl (C=O) groups excluding carboxylic acids is 2. The first-order chi connectivity index (χ1) is 15.4. The van der Waals surface area contributed by atoms with Crippen molar-refractivity contribution in [2.45, 2.75) is 25.0 Å². The van der Waals surface area contributed by atoms with Crippen molar-refractivity contribution in [3.8, 4) is 0 Å². The summed E-state index contributed by atoms with van der Waals surface area (Å²) in [6, 6.07) is 13.2. The lowest BCUT2D eigenvalue weighted by Gasteiger charge is -2.25. The van der Waals surface area contributed by atoms with Crippen LogP contribution in [0.4, 0.5) is 5.69 Å². The van der Waals surface area contributed by atoms with Gasteiger partial charge in [0.05, 0.1) is 23.6 Å². The van der Waals surface area contributed by atoms with E-state index in [-0.39, 0.29) is 17.6 Å². The largest absolute Gasteiger partial charge is 0.383 e. The van der Waals surface area contributed by atoms with Crippen molar-refractivity contribution < 1.29 is 22.7 Å². The number of carbonyl (C=O) groups is 2. The van der Waals surface area contributed by atoms with Crippen LogP contribution in [0.2, 0.25) is 0 Å². The molecule has 3 rings (SSSR count). The lowest BCUT2D eigenvalue weighted by Crippen LogP contribution is -2.36. The van der Waals surface area contributed by atoms with Crippen LogP contribution in [-0.2, 0) is 20.5 Å². The molecule has 1 aliphatic rings. The number of nitrogens with zero attached hydrogens (tertiary/aromatic N) is 1. The Morgan fingerprint density at radius 2 is 1.66 bits per heavy atom. The van der Waals surface area contributed by atoms with Crippen molar-refractivity contribution in [2.75, 3.05) is 38.7 Å². The van der Waals surface area contributed by atoms with E-state index in [9.17, 15) is 18.0 Å². The number of hydrogen-bond acceptors (Lipinski definition) is 5. The molecule has 0 saturated carbocycles. The Hall–Kier alpha value is -2.75. The number of piperidine rings is 1. The van der Waals surface area contributed by atoms with Gasteiger partial charge in [-0.15, -0.1) is 0 Å². The maximum atomic E-state index is 12.7. The molecule has 0 aliphatic carbocycles. The Balaban J connectivity index is 1.65. The minimum atomic E-state index is -3.36. The number of benzene rings is 2.